The number of benzene rings is 3. The highest BCUT2D eigenvalue weighted by Crippen LogP contribution is 2.24. The first-order valence-electron chi connectivity index (χ1n) is 10.3. The van der Waals surface area contributed by atoms with Crippen LogP contribution >= 0.6 is 0 Å². The van der Waals surface area contributed by atoms with Crippen molar-refractivity contribution in [3.63, 3.8) is 0 Å². The van der Waals surface area contributed by atoms with Crippen molar-refractivity contribution in [1.29, 1.82) is 0 Å². The fourth-order valence-corrected chi connectivity index (χ4v) is 3.43. The van der Waals surface area contributed by atoms with Crippen LogP contribution in [0.5, 0.6) is 5.75 Å². The number of ether oxygens (including phenoxy) is 1. The highest BCUT2D eigenvalue weighted by Gasteiger charge is 2.20. The molecule has 166 valence electrons. The number of carboxylic acid groups (broad SMARTS) is 1. The first-order chi connectivity index (χ1) is 16.0. The van der Waals surface area contributed by atoms with E-state index in [-0.39, 0.29) is 13.0 Å². The Morgan fingerprint density at radius 2 is 1.64 bits per heavy atom. The van der Waals surface area contributed by atoms with Crippen LogP contribution in [0, 0.1) is 0 Å². The Kier molecular flexibility index (Phi) is 6.50. The van der Waals surface area contributed by atoms with E-state index in [1.165, 1.54) is 0 Å². The molecule has 0 fully saturated rings. The molecule has 3 aromatic carbocycles. The van der Waals surface area contributed by atoms with Crippen molar-refractivity contribution >= 4 is 22.6 Å². The van der Waals surface area contributed by atoms with E-state index in [4.69, 9.17) is 9.15 Å². The van der Waals surface area contributed by atoms with Crippen LogP contribution in [0.25, 0.3) is 22.1 Å². The number of carboxylic acids is 1. The molecule has 0 aliphatic rings. The van der Waals surface area contributed by atoms with Crippen molar-refractivity contribution < 1.29 is 23.8 Å². The van der Waals surface area contributed by atoms with E-state index >= 15 is 0 Å². The molecule has 0 saturated carbocycles. The summed E-state index contributed by atoms with van der Waals surface area (Å²) < 4.78 is 10.9. The molecule has 7 nitrogen and oxygen atoms in total. The maximum absolute atomic E-state index is 12.2. The van der Waals surface area contributed by atoms with E-state index in [9.17, 15) is 19.5 Å². The van der Waals surface area contributed by atoms with E-state index in [1.807, 2.05) is 30.3 Å². The predicted octanol–water partition coefficient (Wildman–Crippen LogP) is 3.65. The summed E-state index contributed by atoms with van der Waals surface area (Å²) in [6, 6.07) is 23.7. The molecule has 0 aliphatic carbocycles. The van der Waals surface area contributed by atoms with Crippen molar-refractivity contribution in [2.45, 2.75) is 12.5 Å². The van der Waals surface area contributed by atoms with E-state index in [0.29, 0.717) is 22.5 Å². The van der Waals surface area contributed by atoms with Gasteiger partial charge in [-0.2, -0.15) is 0 Å². The number of hydrogen-bond acceptors (Lipinski definition) is 5. The molecule has 1 amide bonds. The minimum absolute atomic E-state index is 0.174. The van der Waals surface area contributed by atoms with Gasteiger partial charge in [0.2, 0.25) is 0 Å². The van der Waals surface area contributed by atoms with Gasteiger partial charge < -0.3 is 19.6 Å². The van der Waals surface area contributed by atoms with Crippen LogP contribution < -0.4 is 15.7 Å². The zero-order valence-electron chi connectivity index (χ0n) is 17.6. The smallest absolute Gasteiger partial charge is 0.344 e. The van der Waals surface area contributed by atoms with Gasteiger partial charge in [-0.15, -0.1) is 0 Å². The van der Waals surface area contributed by atoms with Crippen LogP contribution in [-0.2, 0) is 16.0 Å². The summed E-state index contributed by atoms with van der Waals surface area (Å²) in [6.07, 6.45) is 0.174. The van der Waals surface area contributed by atoms with Gasteiger partial charge >= 0.3 is 11.6 Å². The average molecular weight is 443 g/mol. The van der Waals surface area contributed by atoms with Crippen LogP contribution in [-0.4, -0.2) is 29.6 Å². The third kappa shape index (κ3) is 5.46. The van der Waals surface area contributed by atoms with Crippen molar-refractivity contribution in [3.8, 4) is 17.1 Å². The Bertz CT molecular complexity index is 1330. The number of fused-ring (bicyclic) bond motifs is 1. The molecule has 1 atom stereocenters. The first-order valence-corrected chi connectivity index (χ1v) is 10.3. The predicted molar refractivity (Wildman–Crippen MR) is 123 cm³/mol. The van der Waals surface area contributed by atoms with Gasteiger partial charge in [0, 0.05) is 12.0 Å². The van der Waals surface area contributed by atoms with Gasteiger partial charge in [-0.3, -0.25) is 4.79 Å². The van der Waals surface area contributed by atoms with Gasteiger partial charge in [0.15, 0.2) is 6.61 Å². The molecule has 4 aromatic rings. The van der Waals surface area contributed by atoms with E-state index in [0.717, 1.165) is 10.9 Å². The molecule has 0 radical (unpaired) electrons. The van der Waals surface area contributed by atoms with Gasteiger partial charge in [-0.25, -0.2) is 9.59 Å². The largest absolute Gasteiger partial charge is 0.484 e. The van der Waals surface area contributed by atoms with Crippen LogP contribution in [0.3, 0.4) is 0 Å². The molecule has 1 aromatic heterocycles. The molecule has 2 N–H and O–H groups in total. The summed E-state index contributed by atoms with van der Waals surface area (Å²) in [5.74, 6) is -0.809. The lowest BCUT2D eigenvalue weighted by Crippen LogP contribution is -2.44. The number of carbonyl (C=O) groups excluding carboxylic acids is 1. The molecular weight excluding hydrogens is 422 g/mol. The Morgan fingerprint density at radius 1 is 0.939 bits per heavy atom. The Balaban J connectivity index is 1.37. The number of aliphatic carboxylic acids is 1. The minimum Gasteiger partial charge on any atom is -0.484 e. The number of carbonyl (C=O) groups is 2. The van der Waals surface area contributed by atoms with E-state index < -0.39 is 23.5 Å². The molecule has 4 rings (SSSR count). The Labute approximate surface area is 189 Å². The number of hydrogen-bond donors (Lipinski definition) is 2. The molecule has 0 aliphatic heterocycles. The van der Waals surface area contributed by atoms with Gasteiger partial charge in [-0.05, 0) is 47.3 Å². The Hall–Kier alpha value is -4.39. The second-order valence-electron chi connectivity index (χ2n) is 7.45. The highest BCUT2D eigenvalue weighted by molar-refractivity contribution is 5.85. The Morgan fingerprint density at radius 3 is 2.36 bits per heavy atom. The molecule has 1 heterocycles. The van der Waals surface area contributed by atoms with Gasteiger partial charge in [0.25, 0.3) is 5.91 Å². The fraction of sp³-hybridized carbons (Fsp3) is 0.115. The summed E-state index contributed by atoms with van der Waals surface area (Å²) >= 11 is 0. The molecule has 1 unspecified atom stereocenters. The number of amides is 1. The second kappa shape index (κ2) is 9.82. The minimum atomic E-state index is -1.12. The summed E-state index contributed by atoms with van der Waals surface area (Å²) in [4.78, 5) is 35.9. The maximum Gasteiger partial charge on any atom is 0.344 e. The lowest BCUT2D eigenvalue weighted by molar-refractivity contribution is -0.142. The average Bonchev–Trinajstić information content (AvgIpc) is 2.83. The molecular formula is C26H21NO6. The van der Waals surface area contributed by atoms with Crippen molar-refractivity contribution in [2.75, 3.05) is 6.61 Å². The van der Waals surface area contributed by atoms with E-state index in [2.05, 4.69) is 5.32 Å². The summed E-state index contributed by atoms with van der Waals surface area (Å²) in [7, 11) is 0. The SMILES string of the molecule is O=C(COc1ccc(-c2cc3ccccc3c(=O)o2)cc1)NC(Cc1ccccc1)C(=O)O. The molecule has 0 spiro atoms. The lowest BCUT2D eigenvalue weighted by atomic mass is 10.1. The molecule has 7 heteroatoms. The summed E-state index contributed by atoms with van der Waals surface area (Å²) in [5, 5.41) is 13.2. The van der Waals surface area contributed by atoms with Crippen molar-refractivity contribution in [3.05, 3.63) is 101 Å². The summed E-state index contributed by atoms with van der Waals surface area (Å²) in [5.41, 5.74) is 1.08. The third-order valence-electron chi connectivity index (χ3n) is 5.09. The van der Waals surface area contributed by atoms with Crippen LogP contribution in [0.15, 0.2) is 94.1 Å². The number of rotatable bonds is 8. The van der Waals surface area contributed by atoms with Gasteiger partial charge in [0.1, 0.15) is 17.6 Å². The quantitative estimate of drug-likeness (QED) is 0.431. The first kappa shape index (κ1) is 21.8. The third-order valence-corrected chi connectivity index (χ3v) is 5.09. The molecule has 0 saturated heterocycles. The maximum atomic E-state index is 12.2. The standard InChI is InChI=1S/C26H21NO6/c28-24(27-22(25(29)30)14-17-6-2-1-3-7-17)16-32-20-12-10-18(11-13-20)23-15-19-8-4-5-9-21(19)26(31)33-23/h1-13,15,22H,14,16H2,(H,27,28)(H,29,30). The van der Waals surface area contributed by atoms with Gasteiger partial charge in [-0.1, -0.05) is 48.5 Å². The van der Waals surface area contributed by atoms with E-state index in [1.54, 1.807) is 54.6 Å². The van der Waals surface area contributed by atoms with Gasteiger partial charge in [0.05, 0.1) is 5.39 Å². The van der Waals surface area contributed by atoms with Crippen molar-refractivity contribution in [1.82, 2.24) is 5.32 Å². The normalized spacial score (nSPS) is 11.6. The van der Waals surface area contributed by atoms with Crippen molar-refractivity contribution in [2.24, 2.45) is 0 Å². The monoisotopic (exact) mass is 443 g/mol. The number of nitrogens with one attached hydrogen (secondary N) is 1. The zero-order chi connectivity index (χ0) is 23.2. The second-order valence-corrected chi connectivity index (χ2v) is 7.45. The molecule has 33 heavy (non-hydrogen) atoms. The van der Waals surface area contributed by atoms with Crippen LogP contribution in [0.2, 0.25) is 0 Å². The van der Waals surface area contributed by atoms with Crippen LogP contribution in [0.1, 0.15) is 5.56 Å². The summed E-state index contributed by atoms with van der Waals surface area (Å²) in [6.45, 7) is -0.330. The van der Waals surface area contributed by atoms with Crippen LogP contribution in [0.4, 0.5) is 0 Å². The topological polar surface area (TPSA) is 106 Å². The molecule has 0 bridgehead atoms. The fourth-order valence-electron chi connectivity index (χ4n) is 3.43. The lowest BCUT2D eigenvalue weighted by Gasteiger charge is -2.15. The zero-order valence-corrected chi connectivity index (χ0v) is 17.6. The highest BCUT2D eigenvalue weighted by atomic mass is 16.5.